The first kappa shape index (κ1) is 7.98. The molecular formula is C7H15NO2. The fourth-order valence-electron chi connectivity index (χ4n) is 1.04. The van der Waals surface area contributed by atoms with Crippen LogP contribution in [0.25, 0.3) is 0 Å². The van der Waals surface area contributed by atoms with Crippen molar-refractivity contribution in [3.05, 3.63) is 0 Å². The molecule has 0 saturated carbocycles. The zero-order valence-electron chi connectivity index (χ0n) is 6.58. The molecule has 1 fully saturated rings. The van der Waals surface area contributed by atoms with Crippen LogP contribution in [0, 0.1) is 0 Å². The Morgan fingerprint density at radius 2 is 2.40 bits per heavy atom. The van der Waals surface area contributed by atoms with Crippen LogP contribution in [0.15, 0.2) is 0 Å². The van der Waals surface area contributed by atoms with Crippen molar-refractivity contribution in [2.75, 3.05) is 19.9 Å². The molecule has 1 aliphatic heterocycles. The van der Waals surface area contributed by atoms with Gasteiger partial charge in [-0.2, -0.15) is 0 Å². The maximum atomic E-state index is 8.71. The van der Waals surface area contributed by atoms with E-state index in [1.807, 2.05) is 0 Å². The summed E-state index contributed by atoms with van der Waals surface area (Å²) in [7, 11) is 0. The summed E-state index contributed by atoms with van der Waals surface area (Å²) < 4.78 is 5.25. The Morgan fingerprint density at radius 1 is 1.70 bits per heavy atom. The highest BCUT2D eigenvalue weighted by Gasteiger charge is 2.23. The molecule has 0 amide bonds. The molecule has 0 radical (unpaired) electrons. The van der Waals surface area contributed by atoms with E-state index in [1.165, 1.54) is 0 Å². The summed E-state index contributed by atoms with van der Waals surface area (Å²) in [5, 5.41) is 8.71. The average molecular weight is 145 g/mol. The third-order valence-electron chi connectivity index (χ3n) is 1.85. The van der Waals surface area contributed by atoms with Crippen molar-refractivity contribution >= 4 is 0 Å². The first-order chi connectivity index (χ1) is 4.74. The zero-order valence-corrected chi connectivity index (χ0v) is 6.58. The quantitative estimate of drug-likeness (QED) is 0.595. The number of hydrogen-bond acceptors (Lipinski definition) is 3. The molecule has 3 heteroatoms. The minimum absolute atomic E-state index is 0.0439. The van der Waals surface area contributed by atoms with E-state index in [-0.39, 0.29) is 12.7 Å². The predicted molar refractivity (Wildman–Crippen MR) is 38.7 cm³/mol. The molecule has 0 aromatic rings. The molecule has 0 unspecified atom stereocenters. The molecule has 0 aliphatic carbocycles. The Labute approximate surface area is 61.6 Å². The van der Waals surface area contributed by atoms with Crippen molar-refractivity contribution in [3.63, 3.8) is 0 Å². The number of nitrogens with zero attached hydrogens (tertiary/aromatic N) is 1. The van der Waals surface area contributed by atoms with E-state index < -0.39 is 0 Å². The van der Waals surface area contributed by atoms with Crippen molar-refractivity contribution in [1.82, 2.24) is 4.90 Å². The molecule has 1 heterocycles. The average Bonchev–Trinajstić information content (AvgIpc) is 2.34. The third kappa shape index (κ3) is 1.68. The molecule has 0 aromatic heterocycles. The highest BCUT2D eigenvalue weighted by atomic mass is 16.5. The minimum Gasteiger partial charge on any atom is -0.394 e. The van der Waals surface area contributed by atoms with Gasteiger partial charge in [0.1, 0.15) is 0 Å². The highest BCUT2D eigenvalue weighted by Crippen LogP contribution is 2.10. The van der Waals surface area contributed by atoms with Gasteiger partial charge in [0.05, 0.1) is 19.4 Å². The Morgan fingerprint density at radius 3 is 2.70 bits per heavy atom. The second-order valence-corrected chi connectivity index (χ2v) is 2.97. The molecule has 0 aromatic carbocycles. The van der Waals surface area contributed by atoms with Crippen LogP contribution in [0.2, 0.25) is 0 Å². The largest absolute Gasteiger partial charge is 0.394 e. The van der Waals surface area contributed by atoms with E-state index in [2.05, 4.69) is 18.7 Å². The van der Waals surface area contributed by atoms with Crippen LogP contribution in [0.3, 0.4) is 0 Å². The summed E-state index contributed by atoms with van der Waals surface area (Å²) >= 11 is 0. The molecular weight excluding hydrogens is 130 g/mol. The first-order valence-electron chi connectivity index (χ1n) is 3.70. The fourth-order valence-corrected chi connectivity index (χ4v) is 1.04. The van der Waals surface area contributed by atoms with Crippen LogP contribution in [0.5, 0.6) is 0 Å². The Balaban J connectivity index is 2.28. The molecule has 60 valence electrons. The summed E-state index contributed by atoms with van der Waals surface area (Å²) in [5.41, 5.74) is 0. The molecule has 0 bridgehead atoms. The predicted octanol–water partition coefficient (Wildman–Crippen LogP) is 0.0454. The van der Waals surface area contributed by atoms with Gasteiger partial charge < -0.3 is 9.84 Å². The Kier molecular flexibility index (Phi) is 2.65. The summed E-state index contributed by atoms with van der Waals surface area (Å²) in [6, 6.07) is 0.525. The number of aliphatic hydroxyl groups excluding tert-OH is 1. The molecule has 1 rings (SSSR count). The standard InChI is InChI=1S/C7H15NO2/c1-6(2)8-3-7(4-9)10-5-8/h6-7,9H,3-5H2,1-2H3/t7-/m0/s1. The van der Waals surface area contributed by atoms with Gasteiger partial charge in [-0.3, -0.25) is 4.90 Å². The summed E-state index contributed by atoms with van der Waals surface area (Å²) in [4.78, 5) is 2.20. The second kappa shape index (κ2) is 3.32. The SMILES string of the molecule is CC(C)N1CO[C@H](CO)C1. The molecule has 0 spiro atoms. The topological polar surface area (TPSA) is 32.7 Å². The van der Waals surface area contributed by atoms with Crippen molar-refractivity contribution in [2.45, 2.75) is 26.0 Å². The molecule has 1 aliphatic rings. The monoisotopic (exact) mass is 145 g/mol. The van der Waals surface area contributed by atoms with Crippen LogP contribution < -0.4 is 0 Å². The lowest BCUT2D eigenvalue weighted by molar-refractivity contribution is 0.0486. The van der Waals surface area contributed by atoms with Gasteiger partial charge in [0.2, 0.25) is 0 Å². The Hall–Kier alpha value is -0.120. The molecule has 10 heavy (non-hydrogen) atoms. The van der Waals surface area contributed by atoms with Gasteiger partial charge >= 0.3 is 0 Å². The van der Waals surface area contributed by atoms with E-state index in [0.29, 0.717) is 12.8 Å². The lowest BCUT2D eigenvalue weighted by atomic mass is 10.3. The molecule has 1 atom stereocenters. The van der Waals surface area contributed by atoms with Crippen LogP contribution in [0.1, 0.15) is 13.8 Å². The maximum absolute atomic E-state index is 8.71. The zero-order chi connectivity index (χ0) is 7.56. The van der Waals surface area contributed by atoms with Gasteiger partial charge in [-0.1, -0.05) is 0 Å². The van der Waals surface area contributed by atoms with E-state index in [9.17, 15) is 0 Å². The molecule has 3 nitrogen and oxygen atoms in total. The van der Waals surface area contributed by atoms with Gasteiger partial charge in [0.25, 0.3) is 0 Å². The third-order valence-corrected chi connectivity index (χ3v) is 1.85. The minimum atomic E-state index is 0.0439. The van der Waals surface area contributed by atoms with Crippen LogP contribution in [-0.4, -0.2) is 42.0 Å². The van der Waals surface area contributed by atoms with Crippen molar-refractivity contribution in [1.29, 1.82) is 0 Å². The number of ether oxygens (including phenoxy) is 1. The normalized spacial score (nSPS) is 28.2. The van der Waals surface area contributed by atoms with Gasteiger partial charge in [0, 0.05) is 12.6 Å². The van der Waals surface area contributed by atoms with Crippen molar-refractivity contribution in [3.8, 4) is 0 Å². The highest BCUT2D eigenvalue weighted by molar-refractivity contribution is 4.71. The first-order valence-corrected chi connectivity index (χ1v) is 3.70. The lowest BCUT2D eigenvalue weighted by Gasteiger charge is -2.17. The van der Waals surface area contributed by atoms with E-state index in [4.69, 9.17) is 9.84 Å². The summed E-state index contributed by atoms with van der Waals surface area (Å²) in [6.45, 7) is 5.94. The maximum Gasteiger partial charge on any atom is 0.0998 e. The van der Waals surface area contributed by atoms with Crippen LogP contribution in [0.4, 0.5) is 0 Å². The fraction of sp³-hybridized carbons (Fsp3) is 1.00. The second-order valence-electron chi connectivity index (χ2n) is 2.97. The number of hydrogen-bond donors (Lipinski definition) is 1. The summed E-state index contributed by atoms with van der Waals surface area (Å²) in [6.07, 6.45) is 0.0439. The van der Waals surface area contributed by atoms with Gasteiger partial charge in [-0.15, -0.1) is 0 Å². The lowest BCUT2D eigenvalue weighted by Crippen LogP contribution is -2.29. The van der Waals surface area contributed by atoms with Crippen molar-refractivity contribution < 1.29 is 9.84 Å². The van der Waals surface area contributed by atoms with E-state index in [1.54, 1.807) is 0 Å². The number of aliphatic hydroxyl groups is 1. The Bertz CT molecular complexity index is 106. The van der Waals surface area contributed by atoms with Crippen LogP contribution >= 0.6 is 0 Å². The van der Waals surface area contributed by atoms with Crippen LogP contribution in [-0.2, 0) is 4.74 Å². The van der Waals surface area contributed by atoms with Crippen molar-refractivity contribution in [2.24, 2.45) is 0 Å². The van der Waals surface area contributed by atoms with Gasteiger partial charge in [0.15, 0.2) is 0 Å². The smallest absolute Gasteiger partial charge is 0.0998 e. The molecule has 1 N–H and O–H groups in total. The number of rotatable bonds is 2. The van der Waals surface area contributed by atoms with E-state index in [0.717, 1.165) is 6.54 Å². The summed E-state index contributed by atoms with van der Waals surface area (Å²) in [5.74, 6) is 0. The van der Waals surface area contributed by atoms with Gasteiger partial charge in [-0.25, -0.2) is 0 Å². The molecule has 1 saturated heterocycles. The van der Waals surface area contributed by atoms with Gasteiger partial charge in [-0.05, 0) is 13.8 Å². The van der Waals surface area contributed by atoms with E-state index >= 15 is 0 Å².